The predicted octanol–water partition coefficient (Wildman–Crippen LogP) is 2.49. The summed E-state index contributed by atoms with van der Waals surface area (Å²) >= 11 is 0. The number of nitrogens with zero attached hydrogens (tertiary/aromatic N) is 2. The topological polar surface area (TPSA) is 133 Å². The van der Waals surface area contributed by atoms with E-state index in [0.29, 0.717) is 5.56 Å². The fourth-order valence-corrected chi connectivity index (χ4v) is 3.01. The van der Waals surface area contributed by atoms with E-state index in [2.05, 4.69) is 20.8 Å². The van der Waals surface area contributed by atoms with Crippen molar-refractivity contribution in [1.82, 2.24) is 15.5 Å². The third-order valence-corrected chi connectivity index (χ3v) is 4.57. The fourth-order valence-electron chi connectivity index (χ4n) is 3.01. The summed E-state index contributed by atoms with van der Waals surface area (Å²) < 4.78 is 28.8. The summed E-state index contributed by atoms with van der Waals surface area (Å²) in [5.74, 6) is -2.68. The van der Waals surface area contributed by atoms with Crippen LogP contribution in [-0.4, -0.2) is 55.4 Å². The van der Waals surface area contributed by atoms with Crippen LogP contribution in [0.5, 0.6) is 5.75 Å². The highest BCUT2D eigenvalue weighted by molar-refractivity contribution is 6.57. The van der Waals surface area contributed by atoms with Crippen molar-refractivity contribution in [2.24, 2.45) is 0 Å². The average molecular weight is 466 g/mol. The van der Waals surface area contributed by atoms with Gasteiger partial charge in [-0.15, -0.1) is 0 Å². The lowest BCUT2D eigenvalue weighted by Gasteiger charge is -2.17. The van der Waals surface area contributed by atoms with E-state index in [1.165, 1.54) is 37.4 Å². The van der Waals surface area contributed by atoms with E-state index < -0.39 is 29.5 Å². The van der Waals surface area contributed by atoms with Crippen molar-refractivity contribution in [1.29, 1.82) is 0 Å². The molecule has 10 nitrogen and oxygen atoms in total. The number of carbonyl (C=O) groups excluding carboxylic acids is 3. The van der Waals surface area contributed by atoms with E-state index in [-0.39, 0.29) is 41.7 Å². The van der Waals surface area contributed by atoms with E-state index in [4.69, 9.17) is 21.8 Å². The standard InChI is InChI=1S/C22H20BFN4O6/c1-3-33-21(30)13-6-4-5-7-15(13)25-20(29)16(26-22(23)31)11-18-27-19(28-34-18)12-8-9-14(24)17(10-12)32-2/h4-10,16H,3,11H2,1-2H3,(H,25,29)(H,26,31). The number of amides is 2. The number of hydrogen-bond donors (Lipinski definition) is 2. The number of aromatic nitrogens is 2. The molecule has 1 unspecified atom stereocenters. The van der Waals surface area contributed by atoms with Gasteiger partial charge in [0.2, 0.25) is 25.5 Å². The van der Waals surface area contributed by atoms with Gasteiger partial charge in [-0.25, -0.2) is 9.18 Å². The Bertz CT molecular complexity index is 1200. The Balaban J connectivity index is 1.79. The SMILES string of the molecule is [B]C(=O)NC(Cc1nc(-c2ccc(F)c(OC)c2)no1)C(=O)Nc1ccccc1C(=O)OCC. The summed E-state index contributed by atoms with van der Waals surface area (Å²) in [6.45, 7) is 1.82. The predicted molar refractivity (Wildman–Crippen MR) is 119 cm³/mol. The second-order valence-corrected chi connectivity index (χ2v) is 6.88. The van der Waals surface area contributed by atoms with Gasteiger partial charge in [0.1, 0.15) is 6.04 Å². The molecule has 0 saturated carbocycles. The first kappa shape index (κ1) is 24.4. The van der Waals surface area contributed by atoms with Crippen molar-refractivity contribution >= 4 is 31.2 Å². The van der Waals surface area contributed by atoms with Crippen LogP contribution in [0.1, 0.15) is 23.2 Å². The summed E-state index contributed by atoms with van der Waals surface area (Å²) in [6.07, 6.45) is -0.207. The number of halogens is 1. The van der Waals surface area contributed by atoms with Gasteiger partial charge in [0, 0.05) is 5.56 Å². The number of benzene rings is 2. The Labute approximate surface area is 195 Å². The van der Waals surface area contributed by atoms with Crippen LogP contribution in [0.3, 0.4) is 0 Å². The molecule has 2 aromatic carbocycles. The zero-order valence-corrected chi connectivity index (χ0v) is 18.3. The van der Waals surface area contributed by atoms with Crippen molar-refractivity contribution < 1.29 is 32.8 Å². The highest BCUT2D eigenvalue weighted by Gasteiger charge is 2.25. The van der Waals surface area contributed by atoms with Crippen LogP contribution in [0, 0.1) is 5.82 Å². The Morgan fingerprint density at radius 3 is 2.68 bits per heavy atom. The maximum Gasteiger partial charge on any atom is 0.340 e. The average Bonchev–Trinajstić information content (AvgIpc) is 3.27. The Morgan fingerprint density at radius 1 is 1.21 bits per heavy atom. The van der Waals surface area contributed by atoms with Gasteiger partial charge in [0.05, 0.1) is 31.4 Å². The van der Waals surface area contributed by atoms with Gasteiger partial charge < -0.3 is 24.6 Å². The molecular weight excluding hydrogens is 446 g/mol. The summed E-state index contributed by atoms with van der Waals surface area (Å²) in [6, 6.07) is 9.05. The largest absolute Gasteiger partial charge is 0.494 e. The molecular formula is C22H20BFN4O6. The number of esters is 1. The van der Waals surface area contributed by atoms with Crippen LogP contribution in [0.2, 0.25) is 0 Å². The van der Waals surface area contributed by atoms with Crippen molar-refractivity contribution in [3.05, 3.63) is 59.7 Å². The molecule has 1 atom stereocenters. The highest BCUT2D eigenvalue weighted by Crippen LogP contribution is 2.25. The molecule has 1 aromatic heterocycles. The maximum atomic E-state index is 13.7. The van der Waals surface area contributed by atoms with Gasteiger partial charge in [-0.3, -0.25) is 9.59 Å². The van der Waals surface area contributed by atoms with Crippen LogP contribution in [-0.2, 0) is 16.0 Å². The molecule has 2 N–H and O–H groups in total. The van der Waals surface area contributed by atoms with E-state index in [1.807, 2.05) is 0 Å². The zero-order chi connectivity index (χ0) is 24.7. The zero-order valence-electron chi connectivity index (χ0n) is 18.3. The monoisotopic (exact) mass is 466 g/mol. The molecule has 0 aliphatic carbocycles. The first-order chi connectivity index (χ1) is 16.3. The number of para-hydroxylation sites is 1. The molecule has 34 heavy (non-hydrogen) atoms. The number of anilines is 1. The molecule has 2 amide bonds. The molecule has 0 spiro atoms. The van der Waals surface area contributed by atoms with E-state index in [9.17, 15) is 18.8 Å². The highest BCUT2D eigenvalue weighted by atomic mass is 19.1. The number of carbonyl (C=O) groups is 3. The van der Waals surface area contributed by atoms with Gasteiger partial charge >= 0.3 is 5.97 Å². The third kappa shape index (κ3) is 5.97. The second kappa shape index (κ2) is 11.1. The molecule has 2 radical (unpaired) electrons. The number of methoxy groups -OCH3 is 1. The van der Waals surface area contributed by atoms with Crippen LogP contribution in [0.15, 0.2) is 47.0 Å². The van der Waals surface area contributed by atoms with Crippen molar-refractivity contribution in [3.8, 4) is 17.1 Å². The summed E-state index contributed by atoms with van der Waals surface area (Å²) in [7, 11) is 6.54. The number of ether oxygens (including phenoxy) is 2. The minimum Gasteiger partial charge on any atom is -0.494 e. The van der Waals surface area contributed by atoms with E-state index in [1.54, 1.807) is 19.1 Å². The molecule has 3 rings (SSSR count). The Morgan fingerprint density at radius 2 is 1.97 bits per heavy atom. The van der Waals surface area contributed by atoms with Gasteiger partial charge in [-0.2, -0.15) is 4.98 Å². The van der Waals surface area contributed by atoms with E-state index in [0.717, 1.165) is 0 Å². The Kier molecular flexibility index (Phi) is 7.96. The summed E-state index contributed by atoms with van der Waals surface area (Å²) in [4.78, 5) is 40.7. The van der Waals surface area contributed by atoms with Crippen molar-refractivity contribution in [2.45, 2.75) is 19.4 Å². The van der Waals surface area contributed by atoms with Crippen molar-refractivity contribution in [2.75, 3.05) is 19.0 Å². The molecule has 1 heterocycles. The van der Waals surface area contributed by atoms with Gasteiger partial charge in [-0.05, 0) is 37.3 Å². The van der Waals surface area contributed by atoms with Crippen LogP contribution in [0.25, 0.3) is 11.4 Å². The molecule has 174 valence electrons. The second-order valence-electron chi connectivity index (χ2n) is 6.88. The Hall–Kier alpha value is -4.22. The first-order valence-electron chi connectivity index (χ1n) is 10.1. The van der Waals surface area contributed by atoms with Gasteiger partial charge in [-0.1, -0.05) is 17.3 Å². The number of rotatable bonds is 9. The number of nitrogens with one attached hydrogen (secondary N) is 2. The molecule has 0 aliphatic heterocycles. The summed E-state index contributed by atoms with van der Waals surface area (Å²) in [5, 5.41) is 8.71. The van der Waals surface area contributed by atoms with Gasteiger partial charge in [0.25, 0.3) is 0 Å². The lowest BCUT2D eigenvalue weighted by atomic mass is 10.1. The number of hydrogen-bond acceptors (Lipinski definition) is 8. The van der Waals surface area contributed by atoms with E-state index >= 15 is 0 Å². The molecule has 0 saturated heterocycles. The van der Waals surface area contributed by atoms with Crippen LogP contribution in [0.4, 0.5) is 14.9 Å². The summed E-state index contributed by atoms with van der Waals surface area (Å²) in [5.41, 5.74) is 0.744. The smallest absolute Gasteiger partial charge is 0.340 e. The normalized spacial score (nSPS) is 11.4. The lowest BCUT2D eigenvalue weighted by Crippen LogP contribution is -2.45. The molecule has 0 bridgehead atoms. The van der Waals surface area contributed by atoms with Crippen molar-refractivity contribution in [3.63, 3.8) is 0 Å². The molecule has 0 fully saturated rings. The third-order valence-electron chi connectivity index (χ3n) is 4.57. The minimum atomic E-state index is -1.20. The molecule has 0 aliphatic rings. The molecule has 3 aromatic rings. The molecule has 12 heteroatoms. The quantitative estimate of drug-likeness (QED) is 0.363. The van der Waals surface area contributed by atoms with Crippen LogP contribution < -0.4 is 15.4 Å². The minimum absolute atomic E-state index is 0.00300. The fraction of sp³-hybridized carbons (Fsp3) is 0.227. The van der Waals surface area contributed by atoms with Crippen LogP contribution >= 0.6 is 0 Å². The van der Waals surface area contributed by atoms with Gasteiger partial charge in [0.15, 0.2) is 17.4 Å². The lowest BCUT2D eigenvalue weighted by molar-refractivity contribution is -0.118. The maximum absolute atomic E-state index is 13.7. The first-order valence-corrected chi connectivity index (χ1v) is 10.1.